The lowest BCUT2D eigenvalue weighted by atomic mass is 10.3. The van der Waals surface area contributed by atoms with Crippen molar-refractivity contribution in [3.05, 3.63) is 48.0 Å². The lowest BCUT2D eigenvalue weighted by molar-refractivity contribution is 0.627. The van der Waals surface area contributed by atoms with Gasteiger partial charge in [-0.2, -0.15) is 5.10 Å². The minimum atomic E-state index is -0.223. The van der Waals surface area contributed by atoms with Crippen LogP contribution in [0.3, 0.4) is 0 Å². The van der Waals surface area contributed by atoms with E-state index in [1.54, 1.807) is 16.8 Å². The van der Waals surface area contributed by atoms with Crippen molar-refractivity contribution in [2.75, 3.05) is 0 Å². The SMILES string of the molecule is CCCc1ccn(-c2ccc(F)cc2)n1. The van der Waals surface area contributed by atoms with E-state index in [-0.39, 0.29) is 5.82 Å². The van der Waals surface area contributed by atoms with Gasteiger partial charge in [0.2, 0.25) is 0 Å². The van der Waals surface area contributed by atoms with E-state index in [1.165, 1.54) is 12.1 Å². The van der Waals surface area contributed by atoms with Gasteiger partial charge < -0.3 is 0 Å². The molecule has 0 fully saturated rings. The van der Waals surface area contributed by atoms with Gasteiger partial charge in [0.25, 0.3) is 0 Å². The molecule has 1 aromatic carbocycles. The Hall–Kier alpha value is -1.64. The Bertz CT molecular complexity index is 431. The third-order valence-electron chi connectivity index (χ3n) is 2.24. The molecule has 0 atom stereocenters. The molecule has 2 aromatic rings. The maximum absolute atomic E-state index is 12.7. The highest BCUT2D eigenvalue weighted by molar-refractivity contribution is 5.31. The standard InChI is InChI=1S/C12H13FN2/c1-2-3-11-8-9-15(14-11)12-6-4-10(13)5-7-12/h4-9H,2-3H2,1H3. The smallest absolute Gasteiger partial charge is 0.123 e. The Labute approximate surface area is 88.4 Å². The zero-order chi connectivity index (χ0) is 10.7. The number of hydrogen-bond donors (Lipinski definition) is 0. The summed E-state index contributed by atoms with van der Waals surface area (Å²) in [6.07, 6.45) is 3.97. The van der Waals surface area contributed by atoms with Crippen molar-refractivity contribution >= 4 is 0 Å². The van der Waals surface area contributed by atoms with Crippen molar-refractivity contribution in [1.82, 2.24) is 9.78 Å². The Kier molecular flexibility index (Phi) is 2.81. The normalized spacial score (nSPS) is 10.5. The minimum Gasteiger partial charge on any atom is -0.241 e. The summed E-state index contributed by atoms with van der Waals surface area (Å²) >= 11 is 0. The van der Waals surface area contributed by atoms with Crippen LogP contribution >= 0.6 is 0 Å². The maximum Gasteiger partial charge on any atom is 0.123 e. The number of nitrogens with zero attached hydrogens (tertiary/aromatic N) is 2. The molecule has 0 aliphatic rings. The Morgan fingerprint density at radius 3 is 2.60 bits per heavy atom. The van der Waals surface area contributed by atoms with E-state index in [2.05, 4.69) is 12.0 Å². The number of hydrogen-bond acceptors (Lipinski definition) is 1. The molecule has 0 unspecified atom stereocenters. The summed E-state index contributed by atoms with van der Waals surface area (Å²) in [5.74, 6) is -0.223. The molecule has 0 bridgehead atoms. The van der Waals surface area contributed by atoms with Gasteiger partial charge in [-0.3, -0.25) is 0 Å². The number of aryl methyl sites for hydroxylation is 1. The molecule has 3 heteroatoms. The van der Waals surface area contributed by atoms with Crippen LogP contribution in [0.1, 0.15) is 19.0 Å². The fourth-order valence-corrected chi connectivity index (χ4v) is 1.49. The molecule has 0 spiro atoms. The largest absolute Gasteiger partial charge is 0.241 e. The average Bonchev–Trinajstić information content (AvgIpc) is 2.68. The van der Waals surface area contributed by atoms with Crippen LogP contribution in [-0.4, -0.2) is 9.78 Å². The van der Waals surface area contributed by atoms with Gasteiger partial charge in [-0.15, -0.1) is 0 Å². The summed E-state index contributed by atoms with van der Waals surface area (Å²) in [6, 6.07) is 8.32. The molecule has 0 aliphatic heterocycles. The molecule has 2 nitrogen and oxygen atoms in total. The number of aromatic nitrogens is 2. The van der Waals surface area contributed by atoms with Crippen molar-refractivity contribution in [2.24, 2.45) is 0 Å². The van der Waals surface area contributed by atoms with Crippen LogP contribution in [0.15, 0.2) is 36.5 Å². The second kappa shape index (κ2) is 4.26. The van der Waals surface area contributed by atoms with Gasteiger partial charge in [0.15, 0.2) is 0 Å². The quantitative estimate of drug-likeness (QED) is 0.751. The molecular formula is C12H13FN2. The van der Waals surface area contributed by atoms with Crippen molar-refractivity contribution < 1.29 is 4.39 Å². The second-order valence-electron chi connectivity index (χ2n) is 3.48. The molecule has 0 saturated carbocycles. The Morgan fingerprint density at radius 2 is 1.93 bits per heavy atom. The van der Waals surface area contributed by atoms with Crippen LogP contribution in [0.5, 0.6) is 0 Å². The van der Waals surface area contributed by atoms with Gasteiger partial charge in [-0.05, 0) is 36.8 Å². The van der Waals surface area contributed by atoms with Crippen LogP contribution in [0.2, 0.25) is 0 Å². The molecule has 1 aromatic heterocycles. The molecule has 0 saturated heterocycles. The van der Waals surface area contributed by atoms with E-state index in [0.29, 0.717) is 0 Å². The first-order valence-electron chi connectivity index (χ1n) is 5.10. The number of benzene rings is 1. The maximum atomic E-state index is 12.7. The molecule has 15 heavy (non-hydrogen) atoms. The highest BCUT2D eigenvalue weighted by Crippen LogP contribution is 2.09. The monoisotopic (exact) mass is 204 g/mol. The first-order valence-corrected chi connectivity index (χ1v) is 5.10. The highest BCUT2D eigenvalue weighted by atomic mass is 19.1. The zero-order valence-electron chi connectivity index (χ0n) is 8.65. The van der Waals surface area contributed by atoms with Crippen LogP contribution in [0, 0.1) is 5.82 Å². The average molecular weight is 204 g/mol. The zero-order valence-corrected chi connectivity index (χ0v) is 8.65. The second-order valence-corrected chi connectivity index (χ2v) is 3.48. The fraction of sp³-hybridized carbons (Fsp3) is 0.250. The Balaban J connectivity index is 2.25. The van der Waals surface area contributed by atoms with Crippen molar-refractivity contribution in [3.63, 3.8) is 0 Å². The van der Waals surface area contributed by atoms with Crippen LogP contribution in [0.25, 0.3) is 5.69 Å². The van der Waals surface area contributed by atoms with Crippen LogP contribution < -0.4 is 0 Å². The van der Waals surface area contributed by atoms with Gasteiger partial charge >= 0.3 is 0 Å². The highest BCUT2D eigenvalue weighted by Gasteiger charge is 2.00. The van der Waals surface area contributed by atoms with Crippen LogP contribution in [-0.2, 0) is 6.42 Å². The molecular weight excluding hydrogens is 191 g/mol. The molecule has 0 radical (unpaired) electrons. The van der Waals surface area contributed by atoms with Gasteiger partial charge in [-0.1, -0.05) is 13.3 Å². The lowest BCUT2D eigenvalue weighted by Gasteiger charge is -2.00. The van der Waals surface area contributed by atoms with E-state index in [4.69, 9.17) is 0 Å². The van der Waals surface area contributed by atoms with E-state index in [0.717, 1.165) is 24.2 Å². The third kappa shape index (κ3) is 2.24. The van der Waals surface area contributed by atoms with E-state index >= 15 is 0 Å². The van der Waals surface area contributed by atoms with Gasteiger partial charge in [0, 0.05) is 6.20 Å². The summed E-state index contributed by atoms with van der Waals surface area (Å²) < 4.78 is 14.5. The van der Waals surface area contributed by atoms with Crippen molar-refractivity contribution in [3.8, 4) is 5.69 Å². The summed E-state index contributed by atoms with van der Waals surface area (Å²) in [5.41, 5.74) is 1.96. The first kappa shape index (κ1) is 9.90. The number of halogens is 1. The molecule has 0 amide bonds. The van der Waals surface area contributed by atoms with E-state index in [1.807, 2.05) is 12.3 Å². The topological polar surface area (TPSA) is 17.8 Å². The third-order valence-corrected chi connectivity index (χ3v) is 2.24. The van der Waals surface area contributed by atoms with E-state index in [9.17, 15) is 4.39 Å². The van der Waals surface area contributed by atoms with Crippen molar-refractivity contribution in [2.45, 2.75) is 19.8 Å². The predicted octanol–water partition coefficient (Wildman–Crippen LogP) is 2.96. The summed E-state index contributed by atoms with van der Waals surface area (Å²) in [7, 11) is 0. The van der Waals surface area contributed by atoms with Gasteiger partial charge in [-0.25, -0.2) is 9.07 Å². The summed E-state index contributed by atoms with van der Waals surface area (Å²) in [6.45, 7) is 2.12. The summed E-state index contributed by atoms with van der Waals surface area (Å²) in [5, 5.41) is 4.39. The first-order chi connectivity index (χ1) is 7.29. The molecule has 78 valence electrons. The minimum absolute atomic E-state index is 0.223. The molecule has 1 heterocycles. The molecule has 0 N–H and O–H groups in total. The fourth-order valence-electron chi connectivity index (χ4n) is 1.49. The molecule has 0 aliphatic carbocycles. The lowest BCUT2D eigenvalue weighted by Crippen LogP contribution is -1.96. The van der Waals surface area contributed by atoms with E-state index < -0.39 is 0 Å². The van der Waals surface area contributed by atoms with Gasteiger partial charge in [0.05, 0.1) is 11.4 Å². The Morgan fingerprint density at radius 1 is 1.20 bits per heavy atom. The van der Waals surface area contributed by atoms with Crippen molar-refractivity contribution in [1.29, 1.82) is 0 Å². The molecule has 2 rings (SSSR count). The van der Waals surface area contributed by atoms with Crippen LogP contribution in [0.4, 0.5) is 4.39 Å². The summed E-state index contributed by atoms with van der Waals surface area (Å²) in [4.78, 5) is 0. The predicted molar refractivity (Wildman–Crippen MR) is 57.5 cm³/mol. The van der Waals surface area contributed by atoms with Gasteiger partial charge in [0.1, 0.15) is 5.82 Å². The number of rotatable bonds is 3.